The molecule has 47 heavy (non-hydrogen) atoms. The van der Waals surface area contributed by atoms with E-state index in [1.54, 1.807) is 12.5 Å². The van der Waals surface area contributed by atoms with Crippen LogP contribution in [0.3, 0.4) is 0 Å². The van der Waals surface area contributed by atoms with Crippen LogP contribution < -0.4 is 0 Å². The molecule has 1 aliphatic rings. The highest BCUT2D eigenvalue weighted by atomic mass is 16.5. The fourth-order valence-electron chi connectivity index (χ4n) is 3.84. The third kappa shape index (κ3) is 15.5. The summed E-state index contributed by atoms with van der Waals surface area (Å²) in [5.41, 5.74) is 6.58. The number of rotatable bonds is 0. The zero-order valence-electron chi connectivity index (χ0n) is 32.2. The molecule has 0 N–H and O–H groups in total. The largest absolute Gasteiger partial charge is 0.451 e. The molecule has 0 spiro atoms. The van der Waals surface area contributed by atoms with E-state index in [9.17, 15) is 0 Å². The Balaban J connectivity index is 0.000000294. The summed E-state index contributed by atoms with van der Waals surface area (Å²) in [4.78, 5) is 12.0. The van der Waals surface area contributed by atoms with Gasteiger partial charge in [0.15, 0.2) is 12.2 Å². The van der Waals surface area contributed by atoms with E-state index in [1.165, 1.54) is 24.1 Å². The molecule has 10 nitrogen and oxygen atoms in total. The fourth-order valence-corrected chi connectivity index (χ4v) is 3.84. The standard InChI is InChI=1S/C9H16N2.C8H13N.2C7H11NO.C6H10N2O/c1-7-6-8(9(2,3)4)11(5)10-7;1-8(2,3)7-4-5-9-6-7;1-7(2,3)6-4-9-5-8-6;1-7(2,3)6-4-5-9-8-6;1-6(2,3)5-7-4-9-8-5/h6H,1-5H3;5-6H,4H2,1-3H3;2*4-5H,1-3H3;4H,1-3H3. The molecule has 5 heterocycles. The Kier molecular flexibility index (Phi) is 14.8. The third-order valence-corrected chi connectivity index (χ3v) is 6.82. The van der Waals surface area contributed by atoms with E-state index in [-0.39, 0.29) is 21.7 Å². The van der Waals surface area contributed by atoms with Crippen LogP contribution in [0, 0.1) is 12.3 Å². The molecule has 0 saturated carbocycles. The minimum absolute atomic E-state index is 0.00694. The zero-order valence-corrected chi connectivity index (χ0v) is 32.2. The number of nitrogens with zero attached hydrogens (tertiary/aromatic N) is 7. The van der Waals surface area contributed by atoms with Gasteiger partial charge >= 0.3 is 0 Å². The van der Waals surface area contributed by atoms with Gasteiger partial charge in [0.2, 0.25) is 6.39 Å². The first-order valence-electron chi connectivity index (χ1n) is 16.1. The number of hydrogen-bond donors (Lipinski definition) is 0. The second-order valence-corrected chi connectivity index (χ2v) is 16.7. The normalized spacial score (nSPS) is 13.2. The summed E-state index contributed by atoms with van der Waals surface area (Å²) in [5.74, 6) is 0.752. The van der Waals surface area contributed by atoms with Gasteiger partial charge in [-0.15, -0.1) is 0 Å². The minimum atomic E-state index is 0.00694. The van der Waals surface area contributed by atoms with Gasteiger partial charge in [-0.2, -0.15) is 10.1 Å². The molecular formula is C37H61N7O3. The van der Waals surface area contributed by atoms with Crippen molar-refractivity contribution >= 4 is 6.21 Å². The maximum absolute atomic E-state index is 4.83. The lowest BCUT2D eigenvalue weighted by Crippen LogP contribution is -2.16. The Morgan fingerprint density at radius 2 is 1.30 bits per heavy atom. The third-order valence-electron chi connectivity index (χ3n) is 6.82. The van der Waals surface area contributed by atoms with Gasteiger partial charge in [0.1, 0.15) is 12.5 Å². The summed E-state index contributed by atoms with van der Waals surface area (Å²) < 4.78 is 16.1. The van der Waals surface area contributed by atoms with E-state index in [1.807, 2.05) is 57.9 Å². The first-order chi connectivity index (χ1) is 21.3. The average molecular weight is 652 g/mol. The van der Waals surface area contributed by atoms with Crippen molar-refractivity contribution in [2.75, 3.05) is 0 Å². The van der Waals surface area contributed by atoms with Crippen molar-refractivity contribution in [2.45, 2.75) is 139 Å². The van der Waals surface area contributed by atoms with E-state index >= 15 is 0 Å². The molecule has 4 aromatic heterocycles. The van der Waals surface area contributed by atoms with Gasteiger partial charge in [-0.25, -0.2) is 4.98 Å². The number of oxazole rings is 1. The van der Waals surface area contributed by atoms with Gasteiger partial charge in [0.25, 0.3) is 0 Å². The number of hydrogen-bond acceptors (Lipinski definition) is 9. The fraction of sp³-hybridized carbons (Fsp3) is 0.622. The molecule has 0 amide bonds. The lowest BCUT2D eigenvalue weighted by Gasteiger charge is -2.18. The summed E-state index contributed by atoms with van der Waals surface area (Å²) in [6.45, 7) is 34.0. The molecule has 0 saturated heterocycles. The molecule has 0 aromatic carbocycles. The predicted octanol–water partition coefficient (Wildman–Crippen LogP) is 9.73. The van der Waals surface area contributed by atoms with Crippen molar-refractivity contribution in [1.29, 1.82) is 0 Å². The van der Waals surface area contributed by atoms with Gasteiger partial charge in [0.05, 0.1) is 17.1 Å². The molecule has 10 heteroatoms. The molecule has 1 aliphatic heterocycles. The van der Waals surface area contributed by atoms with Crippen LogP contribution in [0.4, 0.5) is 0 Å². The monoisotopic (exact) mass is 651 g/mol. The van der Waals surface area contributed by atoms with E-state index in [0.717, 1.165) is 29.3 Å². The summed E-state index contributed by atoms with van der Waals surface area (Å²) in [6, 6.07) is 4.03. The second kappa shape index (κ2) is 16.8. The molecular weight excluding hydrogens is 590 g/mol. The summed E-state index contributed by atoms with van der Waals surface area (Å²) in [5, 5.41) is 11.8. The molecule has 262 valence electrons. The van der Waals surface area contributed by atoms with E-state index in [0.29, 0.717) is 5.41 Å². The van der Waals surface area contributed by atoms with Crippen molar-refractivity contribution < 1.29 is 13.5 Å². The lowest BCUT2D eigenvalue weighted by atomic mass is 9.86. The Bertz CT molecular complexity index is 1350. The van der Waals surface area contributed by atoms with E-state index in [4.69, 9.17) is 8.94 Å². The molecule has 0 radical (unpaired) electrons. The minimum Gasteiger partial charge on any atom is -0.451 e. The van der Waals surface area contributed by atoms with Crippen LogP contribution in [0.2, 0.25) is 0 Å². The van der Waals surface area contributed by atoms with Gasteiger partial charge < -0.3 is 13.5 Å². The van der Waals surface area contributed by atoms with Crippen molar-refractivity contribution in [3.05, 3.63) is 77.8 Å². The van der Waals surface area contributed by atoms with Gasteiger partial charge in [-0.05, 0) is 24.0 Å². The quantitative estimate of drug-likeness (QED) is 0.184. The smallest absolute Gasteiger partial charge is 0.213 e. The SMILES string of the molecule is CC(C)(C)C1=CN=CC1.CC(C)(C)c1ccon1.CC(C)(C)c1cocn1.CC(C)(C)c1ncon1.Cc1cc(C(C)(C)C)n(C)n1. The first-order valence-corrected chi connectivity index (χ1v) is 16.1. The van der Waals surface area contributed by atoms with E-state index < -0.39 is 0 Å². The number of aliphatic imine (C=N–C) groups is 1. The highest BCUT2D eigenvalue weighted by molar-refractivity contribution is 5.65. The van der Waals surface area contributed by atoms with Crippen LogP contribution in [0.15, 0.2) is 67.7 Å². The van der Waals surface area contributed by atoms with Crippen LogP contribution in [0.25, 0.3) is 0 Å². The number of aromatic nitrogens is 6. The summed E-state index contributed by atoms with van der Waals surface area (Å²) in [7, 11) is 1.99. The van der Waals surface area contributed by atoms with Crippen LogP contribution in [0.5, 0.6) is 0 Å². The topological polar surface area (TPSA) is 121 Å². The predicted molar refractivity (Wildman–Crippen MR) is 191 cm³/mol. The number of aryl methyl sites for hydroxylation is 2. The summed E-state index contributed by atoms with van der Waals surface area (Å²) >= 11 is 0. The molecule has 0 unspecified atom stereocenters. The Morgan fingerprint density at radius 3 is 1.51 bits per heavy atom. The van der Waals surface area contributed by atoms with Crippen LogP contribution >= 0.6 is 0 Å². The van der Waals surface area contributed by atoms with Crippen LogP contribution in [0.1, 0.15) is 139 Å². The molecule has 0 aliphatic carbocycles. The Labute approximate surface area is 283 Å². The van der Waals surface area contributed by atoms with Crippen molar-refractivity contribution in [3.8, 4) is 0 Å². The maximum atomic E-state index is 4.83. The summed E-state index contributed by atoms with van der Waals surface area (Å²) in [6.07, 6.45) is 11.1. The average Bonchev–Trinajstić information content (AvgIpc) is 3.73. The van der Waals surface area contributed by atoms with Crippen LogP contribution in [-0.2, 0) is 28.7 Å². The molecule has 5 rings (SSSR count). The Morgan fingerprint density at radius 1 is 0.681 bits per heavy atom. The molecule has 0 bridgehead atoms. The molecule has 0 atom stereocenters. The van der Waals surface area contributed by atoms with Crippen LogP contribution in [-0.4, -0.2) is 36.3 Å². The van der Waals surface area contributed by atoms with Gasteiger partial charge in [0, 0.05) is 59.3 Å². The lowest BCUT2D eigenvalue weighted by molar-refractivity contribution is 0.392. The van der Waals surface area contributed by atoms with E-state index in [2.05, 4.69) is 124 Å². The van der Waals surface area contributed by atoms with Gasteiger partial charge in [-0.1, -0.05) is 114 Å². The molecule has 4 aromatic rings. The maximum Gasteiger partial charge on any atom is 0.213 e. The first kappa shape index (κ1) is 41.2. The second-order valence-electron chi connectivity index (χ2n) is 16.7. The van der Waals surface area contributed by atoms with Gasteiger partial charge in [-0.3, -0.25) is 9.67 Å². The highest BCUT2D eigenvalue weighted by Gasteiger charge is 2.20. The Hall–Kier alpha value is -3.82. The number of allylic oxidation sites excluding steroid dienone is 1. The van der Waals surface area contributed by atoms with Crippen molar-refractivity contribution in [1.82, 2.24) is 30.1 Å². The van der Waals surface area contributed by atoms with Crippen molar-refractivity contribution in [3.63, 3.8) is 0 Å². The van der Waals surface area contributed by atoms with Crippen molar-refractivity contribution in [2.24, 2.45) is 17.5 Å². The highest BCUT2D eigenvalue weighted by Crippen LogP contribution is 2.29. The zero-order chi connectivity index (χ0) is 36.3. The molecule has 0 fully saturated rings.